The molecule has 1 aliphatic carbocycles. The van der Waals surface area contributed by atoms with Crippen LogP contribution in [-0.4, -0.2) is 29.9 Å². The Morgan fingerprint density at radius 3 is 2.73 bits per heavy atom. The van der Waals surface area contributed by atoms with Crippen molar-refractivity contribution in [2.75, 3.05) is 7.11 Å². The summed E-state index contributed by atoms with van der Waals surface area (Å²) < 4.78 is 4.77. The maximum absolute atomic E-state index is 12.3. The summed E-state index contributed by atoms with van der Waals surface area (Å²) in [6.45, 7) is 1.76. The van der Waals surface area contributed by atoms with Crippen molar-refractivity contribution < 1.29 is 19.1 Å². The Morgan fingerprint density at radius 2 is 2.09 bits per heavy atom. The van der Waals surface area contributed by atoms with E-state index in [1.54, 1.807) is 19.1 Å². The average Bonchev–Trinajstić information content (AvgIpc) is 2.55. The second-order valence-electron chi connectivity index (χ2n) is 5.27. The van der Waals surface area contributed by atoms with Gasteiger partial charge in [-0.25, -0.2) is 4.79 Å². The third-order valence-corrected chi connectivity index (χ3v) is 5.18. The molecular formula is C17H20O4S. The van der Waals surface area contributed by atoms with Crippen LogP contribution in [0.4, 0.5) is 0 Å². The number of carbonyl (C=O) groups excluding carboxylic acids is 3. The van der Waals surface area contributed by atoms with Crippen LogP contribution in [0.3, 0.4) is 0 Å². The van der Waals surface area contributed by atoms with E-state index in [0.717, 1.165) is 19.3 Å². The molecular weight excluding hydrogens is 300 g/mol. The molecule has 0 amide bonds. The van der Waals surface area contributed by atoms with E-state index in [-0.39, 0.29) is 22.4 Å². The predicted octanol–water partition coefficient (Wildman–Crippen LogP) is 3.67. The molecule has 1 aromatic carbocycles. The molecule has 5 heteroatoms. The van der Waals surface area contributed by atoms with E-state index >= 15 is 0 Å². The number of methoxy groups -OCH3 is 1. The first kappa shape index (κ1) is 16.7. The van der Waals surface area contributed by atoms with Gasteiger partial charge in [0.1, 0.15) is 5.78 Å². The van der Waals surface area contributed by atoms with E-state index < -0.39 is 5.97 Å². The van der Waals surface area contributed by atoms with Gasteiger partial charge in [-0.05, 0) is 25.0 Å². The Hall–Kier alpha value is -1.62. The summed E-state index contributed by atoms with van der Waals surface area (Å²) >= 11 is 1.41. The number of esters is 1. The van der Waals surface area contributed by atoms with E-state index in [1.807, 2.05) is 6.07 Å². The fraction of sp³-hybridized carbons (Fsp3) is 0.471. The van der Waals surface area contributed by atoms with Gasteiger partial charge >= 0.3 is 5.97 Å². The number of Topliss-reactive ketones (excluding diaryl/α,β-unsaturated/α-hetero) is 2. The molecule has 0 radical (unpaired) electrons. The number of rotatable bonds is 5. The predicted molar refractivity (Wildman–Crippen MR) is 85.5 cm³/mol. The minimum absolute atomic E-state index is 0.105. The number of benzene rings is 1. The lowest BCUT2D eigenvalue weighted by atomic mass is 9.99. The van der Waals surface area contributed by atoms with E-state index in [4.69, 9.17) is 4.74 Å². The Kier molecular flexibility index (Phi) is 5.77. The van der Waals surface area contributed by atoms with Crippen molar-refractivity contribution in [1.82, 2.24) is 0 Å². The van der Waals surface area contributed by atoms with E-state index in [1.165, 1.54) is 18.9 Å². The molecule has 1 unspecified atom stereocenters. The Labute approximate surface area is 134 Å². The summed E-state index contributed by atoms with van der Waals surface area (Å²) in [5, 5.41) is -0.120. The highest BCUT2D eigenvalue weighted by Gasteiger charge is 2.27. The Balaban J connectivity index is 2.39. The standard InChI is InChI=1S/C17H20O4S/c1-3-12(18)16-11(17(20)21-2)7-6-10-15(16)22-14-9-5-4-8-13(14)19/h6-7,10,14H,3-5,8-9H2,1-2H3. The SMILES string of the molecule is CCC(=O)c1c(SC2CCCCC2=O)cccc1C(=O)OC. The molecule has 1 aromatic rings. The molecule has 0 N–H and O–H groups in total. The Bertz CT molecular complexity index is 594. The molecule has 0 saturated heterocycles. The topological polar surface area (TPSA) is 60.4 Å². The average molecular weight is 320 g/mol. The van der Waals surface area contributed by atoms with Gasteiger partial charge in [0.05, 0.1) is 17.9 Å². The van der Waals surface area contributed by atoms with Gasteiger partial charge in [-0.1, -0.05) is 19.4 Å². The molecule has 0 aliphatic heterocycles. The summed E-state index contributed by atoms with van der Waals surface area (Å²) in [4.78, 5) is 36.9. The van der Waals surface area contributed by atoms with Crippen molar-refractivity contribution in [3.8, 4) is 0 Å². The molecule has 22 heavy (non-hydrogen) atoms. The summed E-state index contributed by atoms with van der Waals surface area (Å²) in [5.74, 6) is -0.393. The second-order valence-corrected chi connectivity index (χ2v) is 6.51. The van der Waals surface area contributed by atoms with Crippen LogP contribution in [0.15, 0.2) is 23.1 Å². The lowest BCUT2D eigenvalue weighted by Gasteiger charge is -2.21. The van der Waals surface area contributed by atoms with Crippen LogP contribution >= 0.6 is 11.8 Å². The quantitative estimate of drug-likeness (QED) is 0.612. The van der Waals surface area contributed by atoms with Gasteiger partial charge in [-0.3, -0.25) is 9.59 Å². The number of hydrogen-bond acceptors (Lipinski definition) is 5. The maximum atomic E-state index is 12.3. The molecule has 4 nitrogen and oxygen atoms in total. The molecule has 1 atom stereocenters. The summed E-state index contributed by atoms with van der Waals surface area (Å²) in [5.41, 5.74) is 0.669. The molecule has 1 saturated carbocycles. The van der Waals surface area contributed by atoms with Gasteiger partial charge < -0.3 is 4.74 Å². The van der Waals surface area contributed by atoms with Crippen molar-refractivity contribution >= 4 is 29.3 Å². The monoisotopic (exact) mass is 320 g/mol. The first-order valence-electron chi connectivity index (χ1n) is 7.52. The third kappa shape index (κ3) is 3.58. The van der Waals surface area contributed by atoms with Crippen LogP contribution in [0.5, 0.6) is 0 Å². The van der Waals surface area contributed by atoms with Crippen molar-refractivity contribution in [2.45, 2.75) is 49.2 Å². The zero-order valence-corrected chi connectivity index (χ0v) is 13.7. The highest BCUT2D eigenvalue weighted by Crippen LogP contribution is 2.35. The lowest BCUT2D eigenvalue weighted by Crippen LogP contribution is -2.22. The fourth-order valence-corrected chi connectivity index (χ4v) is 3.94. The van der Waals surface area contributed by atoms with Crippen molar-refractivity contribution in [2.24, 2.45) is 0 Å². The number of carbonyl (C=O) groups is 3. The van der Waals surface area contributed by atoms with Gasteiger partial charge in [0.25, 0.3) is 0 Å². The summed E-state index contributed by atoms with van der Waals surface area (Å²) in [6.07, 6.45) is 3.70. The van der Waals surface area contributed by atoms with Crippen molar-refractivity contribution in [3.05, 3.63) is 29.3 Å². The highest BCUT2D eigenvalue weighted by atomic mass is 32.2. The fourth-order valence-electron chi connectivity index (χ4n) is 2.60. The van der Waals surface area contributed by atoms with Crippen LogP contribution in [0, 0.1) is 0 Å². The van der Waals surface area contributed by atoms with E-state index in [9.17, 15) is 14.4 Å². The number of thioether (sulfide) groups is 1. The first-order valence-corrected chi connectivity index (χ1v) is 8.40. The molecule has 0 bridgehead atoms. The van der Waals surface area contributed by atoms with Crippen LogP contribution in [0.2, 0.25) is 0 Å². The normalized spacial score (nSPS) is 18.1. The van der Waals surface area contributed by atoms with Gasteiger partial charge in [0, 0.05) is 23.3 Å². The van der Waals surface area contributed by atoms with Gasteiger partial charge in [0.2, 0.25) is 0 Å². The molecule has 0 aromatic heterocycles. The highest BCUT2D eigenvalue weighted by molar-refractivity contribution is 8.00. The van der Waals surface area contributed by atoms with Gasteiger partial charge in [-0.15, -0.1) is 11.8 Å². The van der Waals surface area contributed by atoms with Gasteiger partial charge in [-0.2, -0.15) is 0 Å². The smallest absolute Gasteiger partial charge is 0.338 e. The molecule has 118 valence electrons. The van der Waals surface area contributed by atoms with Crippen LogP contribution < -0.4 is 0 Å². The van der Waals surface area contributed by atoms with Crippen molar-refractivity contribution in [3.63, 3.8) is 0 Å². The molecule has 1 fully saturated rings. The zero-order valence-electron chi connectivity index (χ0n) is 12.9. The summed E-state index contributed by atoms with van der Waals surface area (Å²) in [7, 11) is 1.30. The van der Waals surface area contributed by atoms with Crippen LogP contribution in [-0.2, 0) is 9.53 Å². The maximum Gasteiger partial charge on any atom is 0.338 e. The lowest BCUT2D eigenvalue weighted by molar-refractivity contribution is -0.119. The molecule has 1 aliphatic rings. The first-order chi connectivity index (χ1) is 10.6. The third-order valence-electron chi connectivity index (χ3n) is 3.80. The minimum atomic E-state index is -0.519. The van der Waals surface area contributed by atoms with Crippen molar-refractivity contribution in [1.29, 1.82) is 0 Å². The molecule has 0 spiro atoms. The molecule has 2 rings (SSSR count). The van der Waals surface area contributed by atoms with Crippen LogP contribution in [0.25, 0.3) is 0 Å². The van der Waals surface area contributed by atoms with E-state index in [0.29, 0.717) is 23.3 Å². The summed E-state index contributed by atoms with van der Waals surface area (Å²) in [6, 6.07) is 5.14. The number of ether oxygens (including phenoxy) is 1. The number of hydrogen-bond donors (Lipinski definition) is 0. The minimum Gasteiger partial charge on any atom is -0.465 e. The Morgan fingerprint density at radius 1 is 1.32 bits per heavy atom. The number of ketones is 2. The largest absolute Gasteiger partial charge is 0.465 e. The van der Waals surface area contributed by atoms with Gasteiger partial charge in [0.15, 0.2) is 5.78 Å². The second kappa shape index (κ2) is 7.58. The van der Waals surface area contributed by atoms with Crippen LogP contribution in [0.1, 0.15) is 59.7 Å². The molecule has 0 heterocycles. The van der Waals surface area contributed by atoms with E-state index in [2.05, 4.69) is 0 Å². The zero-order chi connectivity index (χ0) is 16.1.